The molecule has 7 nitrogen and oxygen atoms in total. The maximum absolute atomic E-state index is 12.6. The number of carbonyl (C=O) groups is 1. The van der Waals surface area contributed by atoms with Gasteiger partial charge >= 0.3 is 0 Å². The number of carbonyl (C=O) groups excluding carboxylic acids is 1. The van der Waals surface area contributed by atoms with Gasteiger partial charge in [-0.2, -0.15) is 9.61 Å². The van der Waals surface area contributed by atoms with E-state index in [0.29, 0.717) is 27.0 Å². The molecule has 9 heteroatoms. The van der Waals surface area contributed by atoms with Crippen LogP contribution >= 0.6 is 22.9 Å². The van der Waals surface area contributed by atoms with Crippen LogP contribution in [0, 0.1) is 6.92 Å². The summed E-state index contributed by atoms with van der Waals surface area (Å²) < 4.78 is 7.06. The molecule has 0 saturated heterocycles. The molecule has 2 aromatic heterocycles. The Kier molecular flexibility index (Phi) is 4.51. The molecular formula is C18H14ClN5O2S. The predicted octanol–water partition coefficient (Wildman–Crippen LogP) is 4.08. The maximum Gasteiger partial charge on any atom is 0.255 e. The number of nitrogens with zero attached hydrogens (tertiary/aromatic N) is 4. The Hall–Kier alpha value is -2.97. The average Bonchev–Trinajstić information content (AvgIpc) is 3.24. The number of benzene rings is 2. The third-order valence-electron chi connectivity index (χ3n) is 3.93. The van der Waals surface area contributed by atoms with E-state index >= 15 is 0 Å². The van der Waals surface area contributed by atoms with Gasteiger partial charge in [-0.05, 0) is 43.3 Å². The largest absolute Gasteiger partial charge is 0.495 e. The number of aromatic nitrogens is 4. The summed E-state index contributed by atoms with van der Waals surface area (Å²) in [6.07, 6.45) is 0. The van der Waals surface area contributed by atoms with Gasteiger partial charge in [-0.3, -0.25) is 4.79 Å². The molecule has 0 atom stereocenters. The highest BCUT2D eigenvalue weighted by molar-refractivity contribution is 7.19. The molecule has 0 radical (unpaired) electrons. The van der Waals surface area contributed by atoms with Gasteiger partial charge in [0.2, 0.25) is 4.96 Å². The van der Waals surface area contributed by atoms with Crippen molar-refractivity contribution in [2.45, 2.75) is 6.92 Å². The summed E-state index contributed by atoms with van der Waals surface area (Å²) in [5, 5.41) is 16.7. The third kappa shape index (κ3) is 3.36. The first-order valence-corrected chi connectivity index (χ1v) is 9.19. The number of hydrogen-bond acceptors (Lipinski definition) is 6. The summed E-state index contributed by atoms with van der Waals surface area (Å²) in [6.45, 7) is 1.84. The van der Waals surface area contributed by atoms with Crippen LogP contribution in [0.25, 0.3) is 15.5 Å². The molecule has 0 fully saturated rings. The van der Waals surface area contributed by atoms with Crippen LogP contribution in [-0.2, 0) is 0 Å². The van der Waals surface area contributed by atoms with Gasteiger partial charge < -0.3 is 10.1 Å². The summed E-state index contributed by atoms with van der Waals surface area (Å²) in [4.78, 5) is 13.3. The Balaban J connectivity index is 1.69. The van der Waals surface area contributed by atoms with Gasteiger partial charge in [0.05, 0.1) is 12.8 Å². The van der Waals surface area contributed by atoms with E-state index in [0.717, 1.165) is 16.4 Å². The number of methoxy groups -OCH3 is 1. The number of fused-ring (bicyclic) bond motifs is 1. The number of anilines is 1. The Bertz CT molecular complexity index is 1150. The second-order valence-electron chi connectivity index (χ2n) is 5.73. The van der Waals surface area contributed by atoms with Crippen LogP contribution in [0.15, 0.2) is 42.5 Å². The molecule has 0 aliphatic heterocycles. The molecule has 0 saturated carbocycles. The molecule has 0 spiro atoms. The van der Waals surface area contributed by atoms with Gasteiger partial charge in [-0.15, -0.1) is 10.2 Å². The first-order valence-electron chi connectivity index (χ1n) is 7.99. The van der Waals surface area contributed by atoms with Crippen molar-refractivity contribution in [1.29, 1.82) is 0 Å². The molecule has 2 heterocycles. The lowest BCUT2D eigenvalue weighted by Crippen LogP contribution is -2.12. The van der Waals surface area contributed by atoms with E-state index in [2.05, 4.69) is 20.6 Å². The average molecular weight is 400 g/mol. The van der Waals surface area contributed by atoms with Gasteiger partial charge in [0, 0.05) is 16.1 Å². The van der Waals surface area contributed by atoms with Gasteiger partial charge in [-0.1, -0.05) is 29.0 Å². The van der Waals surface area contributed by atoms with Crippen molar-refractivity contribution in [2.75, 3.05) is 12.4 Å². The molecule has 2 aromatic carbocycles. The monoisotopic (exact) mass is 399 g/mol. The fourth-order valence-electron chi connectivity index (χ4n) is 2.59. The minimum atomic E-state index is -0.276. The van der Waals surface area contributed by atoms with E-state index < -0.39 is 0 Å². The molecule has 4 aromatic rings. The van der Waals surface area contributed by atoms with E-state index in [4.69, 9.17) is 16.3 Å². The maximum atomic E-state index is 12.6. The number of nitrogens with one attached hydrogen (secondary N) is 1. The highest BCUT2D eigenvalue weighted by Crippen LogP contribution is 2.33. The van der Waals surface area contributed by atoms with Crippen molar-refractivity contribution in [3.8, 4) is 16.3 Å². The summed E-state index contributed by atoms with van der Waals surface area (Å²) in [5.41, 5.74) is 1.85. The van der Waals surface area contributed by atoms with Crippen LogP contribution in [-0.4, -0.2) is 32.8 Å². The lowest BCUT2D eigenvalue weighted by molar-refractivity contribution is 0.102. The van der Waals surface area contributed by atoms with Crippen LogP contribution in [0.4, 0.5) is 5.69 Å². The van der Waals surface area contributed by atoms with E-state index in [1.54, 1.807) is 42.0 Å². The zero-order chi connectivity index (χ0) is 19.0. The van der Waals surface area contributed by atoms with Crippen molar-refractivity contribution in [3.05, 3.63) is 58.9 Å². The normalized spacial score (nSPS) is 10.9. The molecule has 27 heavy (non-hydrogen) atoms. The van der Waals surface area contributed by atoms with Crippen LogP contribution in [0.1, 0.15) is 16.2 Å². The quantitative estimate of drug-likeness (QED) is 0.559. The molecule has 0 aliphatic carbocycles. The van der Waals surface area contributed by atoms with Gasteiger partial charge in [-0.25, -0.2) is 0 Å². The first kappa shape index (κ1) is 17.4. The van der Waals surface area contributed by atoms with Crippen molar-refractivity contribution >= 4 is 39.5 Å². The summed E-state index contributed by atoms with van der Waals surface area (Å²) in [5.74, 6) is 0.991. The van der Waals surface area contributed by atoms with Crippen molar-refractivity contribution in [2.24, 2.45) is 0 Å². The Morgan fingerprint density at radius 3 is 2.81 bits per heavy atom. The fraction of sp³-hybridized carbons (Fsp3) is 0.111. The molecule has 0 bridgehead atoms. The zero-order valence-electron chi connectivity index (χ0n) is 14.4. The minimum Gasteiger partial charge on any atom is -0.495 e. The molecule has 0 unspecified atom stereocenters. The second kappa shape index (κ2) is 6.98. The molecule has 1 N–H and O–H groups in total. The molecular weight excluding hydrogens is 386 g/mol. The van der Waals surface area contributed by atoms with Crippen molar-refractivity contribution in [1.82, 2.24) is 19.8 Å². The number of rotatable bonds is 4. The lowest BCUT2D eigenvalue weighted by atomic mass is 10.1. The second-order valence-corrected chi connectivity index (χ2v) is 7.12. The van der Waals surface area contributed by atoms with Crippen molar-refractivity contribution in [3.63, 3.8) is 0 Å². The van der Waals surface area contributed by atoms with Gasteiger partial charge in [0.15, 0.2) is 5.82 Å². The Morgan fingerprint density at radius 1 is 1.22 bits per heavy atom. The smallest absolute Gasteiger partial charge is 0.255 e. The highest BCUT2D eigenvalue weighted by atomic mass is 35.5. The Morgan fingerprint density at radius 2 is 2.07 bits per heavy atom. The topological polar surface area (TPSA) is 81.4 Å². The van der Waals surface area contributed by atoms with Crippen LogP contribution in [0.5, 0.6) is 5.75 Å². The van der Waals surface area contributed by atoms with Crippen LogP contribution in [0.2, 0.25) is 5.02 Å². The van der Waals surface area contributed by atoms with E-state index in [1.165, 1.54) is 11.3 Å². The summed E-state index contributed by atoms with van der Waals surface area (Å²) in [6, 6.07) is 12.2. The van der Waals surface area contributed by atoms with Crippen LogP contribution in [0.3, 0.4) is 0 Å². The molecule has 136 valence electrons. The summed E-state index contributed by atoms with van der Waals surface area (Å²) in [7, 11) is 1.55. The summed E-state index contributed by atoms with van der Waals surface area (Å²) >= 11 is 7.39. The van der Waals surface area contributed by atoms with Crippen molar-refractivity contribution < 1.29 is 9.53 Å². The predicted molar refractivity (Wildman–Crippen MR) is 105 cm³/mol. The number of aryl methyl sites for hydroxylation is 1. The highest BCUT2D eigenvalue weighted by Gasteiger charge is 2.15. The molecule has 4 rings (SSSR count). The lowest BCUT2D eigenvalue weighted by Gasteiger charge is -2.11. The number of halogens is 1. The Labute approximate surface area is 163 Å². The first-order chi connectivity index (χ1) is 13.0. The zero-order valence-corrected chi connectivity index (χ0v) is 16.0. The van der Waals surface area contributed by atoms with E-state index in [-0.39, 0.29) is 5.91 Å². The number of amides is 1. The fourth-order valence-corrected chi connectivity index (χ4v) is 3.67. The minimum absolute atomic E-state index is 0.276. The number of hydrogen-bond donors (Lipinski definition) is 1. The van der Waals surface area contributed by atoms with E-state index in [9.17, 15) is 4.79 Å². The standard InChI is InChI=1S/C18H14ClN5O2S/c1-10-21-22-18-24(10)23-17(27-18)12-6-7-15(26-2)14(9-12)20-16(25)11-4-3-5-13(19)8-11/h3-9H,1-2H3,(H,20,25). The van der Waals surface area contributed by atoms with Gasteiger partial charge in [0.1, 0.15) is 10.8 Å². The van der Waals surface area contributed by atoms with E-state index in [1.807, 2.05) is 19.1 Å². The molecule has 1 amide bonds. The SMILES string of the molecule is COc1ccc(-c2nn3c(C)nnc3s2)cc1NC(=O)c1cccc(Cl)c1. The van der Waals surface area contributed by atoms with Gasteiger partial charge in [0.25, 0.3) is 5.91 Å². The van der Waals surface area contributed by atoms with Crippen LogP contribution < -0.4 is 10.1 Å². The number of ether oxygens (including phenoxy) is 1. The molecule has 0 aliphatic rings. The third-order valence-corrected chi connectivity index (χ3v) is 5.11.